The van der Waals surface area contributed by atoms with Crippen molar-refractivity contribution in [3.63, 3.8) is 0 Å². The minimum Gasteiger partial charge on any atom is -0.333 e. The number of rotatable bonds is 12. The molecule has 0 saturated heterocycles. The predicted octanol–water partition coefficient (Wildman–Crippen LogP) is 3.47. The molecule has 6 nitrogen and oxygen atoms in total. The molecule has 2 atom stereocenters. The molecule has 0 aliphatic rings. The van der Waals surface area contributed by atoms with Gasteiger partial charge in [-0.3, -0.25) is 20.1 Å². The van der Waals surface area contributed by atoms with Gasteiger partial charge in [-0.1, -0.05) is 0 Å². The largest absolute Gasteiger partial charge is 0.333 e. The van der Waals surface area contributed by atoms with E-state index < -0.39 is 25.4 Å². The Morgan fingerprint density at radius 2 is 1.09 bits per heavy atom. The first-order valence-corrected chi connectivity index (χ1v) is 13.4. The number of hydrogen-bond acceptors (Lipinski definition) is 4. The second-order valence-electron chi connectivity index (χ2n) is 6.95. The zero-order chi connectivity index (χ0) is 18.4. The first-order chi connectivity index (χ1) is 10.2. The average Bonchev–Trinajstić information content (AvgIpc) is 2.33. The molecule has 0 aromatic rings. The number of hydrogen-bond donors (Lipinski definition) is 4. The second-order valence-corrected chi connectivity index (χ2v) is 14.3. The summed E-state index contributed by atoms with van der Waals surface area (Å²) in [6, 6.07) is 0. The highest BCUT2D eigenvalue weighted by molar-refractivity contribution is 8.00. The standard InChI is InChI=1S/C13H32N2O4P2S2/c1-12(2,20(14,16)17)6-10-22-8-5-9-23-11-7-13(3,4)21(15,18)19/h5-11H2,1-4H3,(H3,14,16,17)(H3,15,18,19). The summed E-state index contributed by atoms with van der Waals surface area (Å²) in [7, 11) is -7.08. The molecule has 0 aliphatic heterocycles. The van der Waals surface area contributed by atoms with Gasteiger partial charge in [0, 0.05) is 0 Å². The van der Waals surface area contributed by atoms with Crippen molar-refractivity contribution < 1.29 is 18.9 Å². The Hall–Kier alpha value is 1.000. The third-order valence-electron chi connectivity index (χ3n) is 4.03. The fourth-order valence-electron chi connectivity index (χ4n) is 1.43. The maximum atomic E-state index is 11.5. The summed E-state index contributed by atoms with van der Waals surface area (Å²) in [4.78, 5) is 18.9. The van der Waals surface area contributed by atoms with Gasteiger partial charge in [-0.05, 0) is 70.0 Å². The van der Waals surface area contributed by atoms with Gasteiger partial charge in [0.1, 0.15) is 0 Å². The van der Waals surface area contributed by atoms with Gasteiger partial charge in [0.2, 0.25) is 0 Å². The van der Waals surface area contributed by atoms with E-state index in [9.17, 15) is 18.9 Å². The first kappa shape index (κ1) is 24.0. The molecule has 0 aromatic carbocycles. The Morgan fingerprint density at radius 1 is 0.783 bits per heavy atom. The van der Waals surface area contributed by atoms with Crippen molar-refractivity contribution in [1.82, 2.24) is 0 Å². The summed E-state index contributed by atoms with van der Waals surface area (Å²) in [6.45, 7) is 6.90. The van der Waals surface area contributed by atoms with Crippen LogP contribution in [-0.2, 0) is 9.13 Å². The van der Waals surface area contributed by atoms with Gasteiger partial charge in [-0.2, -0.15) is 23.5 Å². The van der Waals surface area contributed by atoms with E-state index in [1.165, 1.54) is 0 Å². The van der Waals surface area contributed by atoms with Gasteiger partial charge in [0.25, 0.3) is 15.0 Å². The lowest BCUT2D eigenvalue weighted by Gasteiger charge is -2.26. The van der Waals surface area contributed by atoms with E-state index in [4.69, 9.17) is 11.0 Å². The summed E-state index contributed by atoms with van der Waals surface area (Å²) < 4.78 is 23.0. The maximum absolute atomic E-state index is 11.5. The van der Waals surface area contributed by atoms with Crippen LogP contribution in [0.3, 0.4) is 0 Å². The van der Waals surface area contributed by atoms with Crippen LogP contribution in [0.5, 0.6) is 0 Å². The van der Waals surface area contributed by atoms with Gasteiger partial charge in [-0.15, -0.1) is 0 Å². The van der Waals surface area contributed by atoms with E-state index in [1.807, 2.05) is 0 Å². The third kappa shape index (κ3) is 9.31. The molecule has 0 saturated carbocycles. The number of nitrogens with two attached hydrogens (primary N) is 2. The molecule has 0 heterocycles. The zero-order valence-electron chi connectivity index (χ0n) is 14.5. The van der Waals surface area contributed by atoms with Crippen LogP contribution in [0.2, 0.25) is 0 Å². The minimum atomic E-state index is -3.54. The van der Waals surface area contributed by atoms with Crippen LogP contribution in [0.1, 0.15) is 47.0 Å². The maximum Gasteiger partial charge on any atom is 0.270 e. The van der Waals surface area contributed by atoms with Crippen LogP contribution in [0.25, 0.3) is 0 Å². The minimum absolute atomic E-state index is 0.617. The molecule has 0 rings (SSSR count). The highest BCUT2D eigenvalue weighted by Crippen LogP contribution is 2.49. The lowest BCUT2D eigenvalue weighted by atomic mass is 10.1. The summed E-state index contributed by atoms with van der Waals surface area (Å²) in [5.74, 6) is 3.60. The highest BCUT2D eigenvalue weighted by Gasteiger charge is 2.35. The van der Waals surface area contributed by atoms with Crippen LogP contribution in [0.15, 0.2) is 0 Å². The van der Waals surface area contributed by atoms with Gasteiger partial charge < -0.3 is 9.79 Å². The molecule has 2 unspecified atom stereocenters. The monoisotopic (exact) mass is 406 g/mol. The quantitative estimate of drug-likeness (QED) is 0.287. The first-order valence-electron chi connectivity index (χ1n) is 7.59. The van der Waals surface area contributed by atoms with E-state index in [-0.39, 0.29) is 0 Å². The van der Waals surface area contributed by atoms with Crippen molar-refractivity contribution in [2.75, 3.05) is 23.0 Å². The predicted molar refractivity (Wildman–Crippen MR) is 105 cm³/mol. The van der Waals surface area contributed by atoms with Crippen molar-refractivity contribution >= 4 is 38.6 Å². The summed E-state index contributed by atoms with van der Waals surface area (Å²) in [5.41, 5.74) is 10.7. The fourth-order valence-corrected chi connectivity index (χ4v) is 5.20. The van der Waals surface area contributed by atoms with Crippen molar-refractivity contribution in [2.24, 2.45) is 11.0 Å². The molecule has 0 spiro atoms. The van der Waals surface area contributed by atoms with Gasteiger partial charge in [-0.25, -0.2) is 0 Å². The summed E-state index contributed by atoms with van der Waals surface area (Å²) >= 11 is 3.52. The summed E-state index contributed by atoms with van der Waals surface area (Å²) in [5, 5.41) is -1.47. The molecular weight excluding hydrogens is 374 g/mol. The molecule has 0 fully saturated rings. The molecule has 0 bridgehead atoms. The van der Waals surface area contributed by atoms with Gasteiger partial charge in [0.15, 0.2) is 0 Å². The topological polar surface area (TPSA) is 127 Å². The SMILES string of the molecule is CC(C)(CCSCCCSCCC(C)(C)P(N)(=O)O)P(N)(=O)O. The van der Waals surface area contributed by atoms with E-state index in [0.29, 0.717) is 12.8 Å². The summed E-state index contributed by atoms with van der Waals surface area (Å²) in [6.07, 6.45) is 2.27. The smallest absolute Gasteiger partial charge is 0.270 e. The molecule has 6 N–H and O–H groups in total. The Balaban J connectivity index is 3.70. The van der Waals surface area contributed by atoms with Crippen molar-refractivity contribution in [3.05, 3.63) is 0 Å². The molecule has 23 heavy (non-hydrogen) atoms. The molecule has 0 radical (unpaired) electrons. The van der Waals surface area contributed by atoms with Crippen LogP contribution in [0, 0.1) is 0 Å². The molecule has 0 aliphatic carbocycles. The van der Waals surface area contributed by atoms with Crippen molar-refractivity contribution in [1.29, 1.82) is 0 Å². The molecule has 0 amide bonds. The molecule has 10 heteroatoms. The fraction of sp³-hybridized carbons (Fsp3) is 1.00. The second kappa shape index (κ2) is 9.63. The number of thioether (sulfide) groups is 2. The lowest BCUT2D eigenvalue weighted by Crippen LogP contribution is -2.25. The Bertz CT molecular complexity index is 409. The molecular formula is C13H32N2O4P2S2. The van der Waals surface area contributed by atoms with Gasteiger partial charge in [0.05, 0.1) is 10.3 Å². The Labute approximate surface area is 148 Å². The van der Waals surface area contributed by atoms with Crippen LogP contribution in [-0.4, -0.2) is 43.1 Å². The Morgan fingerprint density at radius 3 is 1.35 bits per heavy atom. The van der Waals surface area contributed by atoms with Crippen molar-refractivity contribution in [2.45, 2.75) is 57.3 Å². The average molecular weight is 406 g/mol. The van der Waals surface area contributed by atoms with E-state index in [2.05, 4.69) is 0 Å². The van der Waals surface area contributed by atoms with Crippen molar-refractivity contribution in [3.8, 4) is 0 Å². The van der Waals surface area contributed by atoms with Crippen LogP contribution >= 0.6 is 38.6 Å². The third-order valence-corrected chi connectivity index (χ3v) is 10.1. The normalized spacial score (nSPS) is 18.4. The van der Waals surface area contributed by atoms with Crippen LogP contribution in [0.4, 0.5) is 0 Å². The van der Waals surface area contributed by atoms with E-state index in [0.717, 1.165) is 29.4 Å². The molecule has 140 valence electrons. The van der Waals surface area contributed by atoms with Gasteiger partial charge >= 0.3 is 0 Å². The Kier molecular flexibility index (Phi) is 10.0. The highest BCUT2D eigenvalue weighted by atomic mass is 32.2. The van der Waals surface area contributed by atoms with E-state index in [1.54, 1.807) is 51.2 Å². The van der Waals surface area contributed by atoms with Crippen LogP contribution < -0.4 is 11.0 Å². The molecule has 0 aromatic heterocycles. The van der Waals surface area contributed by atoms with E-state index >= 15 is 0 Å². The lowest BCUT2D eigenvalue weighted by molar-refractivity contribution is 0.433. The zero-order valence-corrected chi connectivity index (χ0v) is 17.9.